The fourth-order valence-electron chi connectivity index (χ4n) is 4.11. The molecule has 0 atom stereocenters. The van der Waals surface area contributed by atoms with Crippen LogP contribution in [0, 0.1) is 11.6 Å². The van der Waals surface area contributed by atoms with Gasteiger partial charge in [-0.05, 0) is 25.3 Å². The van der Waals surface area contributed by atoms with E-state index in [4.69, 9.17) is 4.98 Å². The van der Waals surface area contributed by atoms with E-state index in [-0.39, 0.29) is 5.56 Å². The number of fused-ring (bicyclic) bond motifs is 1. The van der Waals surface area contributed by atoms with Gasteiger partial charge in [0, 0.05) is 42.7 Å². The first kappa shape index (κ1) is 17.3. The van der Waals surface area contributed by atoms with Crippen LogP contribution in [0.2, 0.25) is 0 Å². The minimum Gasteiger partial charge on any atom is -0.310 e. The molecule has 1 aromatic heterocycles. The Morgan fingerprint density at radius 3 is 2.77 bits per heavy atom. The Morgan fingerprint density at radius 1 is 1.19 bits per heavy atom. The third-order valence-electron chi connectivity index (χ3n) is 5.57. The van der Waals surface area contributed by atoms with E-state index in [0.717, 1.165) is 36.0 Å². The van der Waals surface area contributed by atoms with Gasteiger partial charge in [0.25, 0.3) is 5.56 Å². The molecular weight excluding hydrogens is 336 g/mol. The van der Waals surface area contributed by atoms with Crippen molar-refractivity contribution in [1.82, 2.24) is 14.9 Å². The molecule has 1 N–H and O–H groups in total. The van der Waals surface area contributed by atoms with Crippen LogP contribution in [-0.2, 0) is 19.5 Å². The summed E-state index contributed by atoms with van der Waals surface area (Å²) in [5.74, 6) is 0.0491. The summed E-state index contributed by atoms with van der Waals surface area (Å²) in [5.41, 5.74) is 2.00. The standard InChI is InChI=1S/C20H23F2N3O/c21-15-7-6-14(17(22)10-15)11-25-9-8-16-18(12-25)23-19(24-20(16)26)13-4-2-1-3-5-13/h6-7,10,13H,1-5,8-9,11-12H2,(H,23,24,26). The number of aromatic amines is 1. The molecule has 0 saturated heterocycles. The molecule has 6 heteroatoms. The lowest BCUT2D eigenvalue weighted by molar-refractivity contribution is 0.236. The minimum atomic E-state index is -0.569. The van der Waals surface area contributed by atoms with Gasteiger partial charge in [0.1, 0.15) is 17.5 Å². The minimum absolute atomic E-state index is 0.0248. The van der Waals surface area contributed by atoms with Crippen LogP contribution in [0.3, 0.4) is 0 Å². The molecule has 138 valence electrons. The van der Waals surface area contributed by atoms with Crippen molar-refractivity contribution in [2.45, 2.75) is 57.5 Å². The topological polar surface area (TPSA) is 49.0 Å². The van der Waals surface area contributed by atoms with Crippen LogP contribution in [0.4, 0.5) is 8.78 Å². The number of aromatic nitrogens is 2. The highest BCUT2D eigenvalue weighted by atomic mass is 19.1. The number of halogens is 2. The van der Waals surface area contributed by atoms with Crippen molar-refractivity contribution >= 4 is 0 Å². The number of hydrogen-bond acceptors (Lipinski definition) is 3. The van der Waals surface area contributed by atoms with Gasteiger partial charge in [-0.25, -0.2) is 13.8 Å². The lowest BCUT2D eigenvalue weighted by atomic mass is 9.88. The maximum atomic E-state index is 13.9. The van der Waals surface area contributed by atoms with Gasteiger partial charge in [0.15, 0.2) is 0 Å². The second-order valence-electron chi connectivity index (χ2n) is 7.41. The van der Waals surface area contributed by atoms with Crippen LogP contribution in [0.1, 0.15) is 60.7 Å². The number of H-pyrrole nitrogens is 1. The molecular formula is C20H23F2N3O. The number of hydrogen-bond donors (Lipinski definition) is 1. The highest BCUT2D eigenvalue weighted by Gasteiger charge is 2.25. The number of benzene rings is 1. The second-order valence-corrected chi connectivity index (χ2v) is 7.41. The molecule has 26 heavy (non-hydrogen) atoms. The summed E-state index contributed by atoms with van der Waals surface area (Å²) in [6, 6.07) is 3.68. The van der Waals surface area contributed by atoms with Gasteiger partial charge >= 0.3 is 0 Å². The maximum absolute atomic E-state index is 13.9. The number of nitrogens with one attached hydrogen (secondary N) is 1. The molecule has 1 saturated carbocycles. The van der Waals surface area contributed by atoms with Gasteiger partial charge in [-0.15, -0.1) is 0 Å². The van der Waals surface area contributed by atoms with Crippen molar-refractivity contribution in [2.24, 2.45) is 0 Å². The molecule has 2 aromatic rings. The fourth-order valence-corrected chi connectivity index (χ4v) is 4.11. The zero-order valence-electron chi connectivity index (χ0n) is 14.7. The fraction of sp³-hybridized carbons (Fsp3) is 0.500. The molecule has 0 spiro atoms. The second kappa shape index (κ2) is 7.27. The van der Waals surface area contributed by atoms with Crippen molar-refractivity contribution in [3.63, 3.8) is 0 Å². The SMILES string of the molecule is O=c1[nH]c(C2CCCCC2)nc2c1CCN(Cc1ccc(F)cc1F)C2. The highest BCUT2D eigenvalue weighted by Crippen LogP contribution is 2.31. The van der Waals surface area contributed by atoms with Gasteiger partial charge in [-0.1, -0.05) is 25.3 Å². The van der Waals surface area contributed by atoms with Gasteiger partial charge in [0.2, 0.25) is 0 Å². The average Bonchev–Trinajstić information content (AvgIpc) is 2.64. The van der Waals surface area contributed by atoms with E-state index in [1.165, 1.54) is 31.4 Å². The Bertz CT molecular complexity index is 859. The van der Waals surface area contributed by atoms with Crippen LogP contribution >= 0.6 is 0 Å². The molecule has 0 unspecified atom stereocenters. The van der Waals surface area contributed by atoms with Gasteiger partial charge < -0.3 is 4.98 Å². The monoisotopic (exact) mass is 359 g/mol. The zero-order valence-corrected chi connectivity index (χ0v) is 14.7. The molecule has 4 nitrogen and oxygen atoms in total. The Balaban J connectivity index is 1.55. The molecule has 2 aliphatic rings. The molecule has 1 aliphatic carbocycles. The Morgan fingerprint density at radius 2 is 2.00 bits per heavy atom. The molecule has 0 radical (unpaired) electrons. The first-order valence-electron chi connectivity index (χ1n) is 9.38. The van der Waals surface area contributed by atoms with Crippen molar-refractivity contribution in [3.05, 3.63) is 62.8 Å². The molecule has 1 aromatic carbocycles. The van der Waals surface area contributed by atoms with Gasteiger partial charge in [0.05, 0.1) is 5.69 Å². The number of nitrogens with zero attached hydrogens (tertiary/aromatic N) is 2. The average molecular weight is 359 g/mol. The van der Waals surface area contributed by atoms with E-state index in [1.54, 1.807) is 0 Å². The van der Waals surface area contributed by atoms with E-state index in [9.17, 15) is 13.6 Å². The molecule has 0 amide bonds. The molecule has 0 bridgehead atoms. The summed E-state index contributed by atoms with van der Waals surface area (Å²) in [6.07, 6.45) is 6.37. The Hall–Kier alpha value is -2.08. The van der Waals surface area contributed by atoms with Gasteiger partial charge in [-0.2, -0.15) is 0 Å². The lowest BCUT2D eigenvalue weighted by Crippen LogP contribution is -2.36. The van der Waals surface area contributed by atoms with Crippen LogP contribution in [0.25, 0.3) is 0 Å². The normalized spacial score (nSPS) is 18.7. The van der Waals surface area contributed by atoms with Crippen molar-refractivity contribution in [3.8, 4) is 0 Å². The van der Waals surface area contributed by atoms with E-state index >= 15 is 0 Å². The predicted octanol–water partition coefficient (Wildman–Crippen LogP) is 3.65. The van der Waals surface area contributed by atoms with Crippen LogP contribution < -0.4 is 5.56 Å². The first-order chi connectivity index (χ1) is 12.6. The van der Waals surface area contributed by atoms with E-state index in [1.807, 2.05) is 0 Å². The zero-order chi connectivity index (χ0) is 18.1. The summed E-state index contributed by atoms with van der Waals surface area (Å²) in [5, 5.41) is 0. The summed E-state index contributed by atoms with van der Waals surface area (Å²) < 4.78 is 27.0. The Labute approximate surface area is 151 Å². The van der Waals surface area contributed by atoms with Crippen molar-refractivity contribution in [1.29, 1.82) is 0 Å². The summed E-state index contributed by atoms with van der Waals surface area (Å²) in [7, 11) is 0. The predicted molar refractivity (Wildman–Crippen MR) is 94.9 cm³/mol. The van der Waals surface area contributed by atoms with Gasteiger partial charge in [-0.3, -0.25) is 9.69 Å². The molecule has 4 rings (SSSR count). The summed E-state index contributed by atoms with van der Waals surface area (Å²) in [4.78, 5) is 22.3. The van der Waals surface area contributed by atoms with E-state index in [0.29, 0.717) is 37.5 Å². The van der Waals surface area contributed by atoms with Crippen LogP contribution in [0.15, 0.2) is 23.0 Å². The third-order valence-corrected chi connectivity index (χ3v) is 5.57. The number of rotatable bonds is 3. The largest absolute Gasteiger partial charge is 0.310 e. The smallest absolute Gasteiger partial charge is 0.254 e. The van der Waals surface area contributed by atoms with E-state index < -0.39 is 11.6 Å². The van der Waals surface area contributed by atoms with E-state index in [2.05, 4.69) is 9.88 Å². The summed E-state index contributed by atoms with van der Waals surface area (Å²) >= 11 is 0. The van der Waals surface area contributed by atoms with Crippen LogP contribution in [0.5, 0.6) is 0 Å². The molecule has 1 fully saturated rings. The maximum Gasteiger partial charge on any atom is 0.254 e. The molecule has 1 aliphatic heterocycles. The first-order valence-corrected chi connectivity index (χ1v) is 9.38. The van der Waals surface area contributed by atoms with Crippen molar-refractivity contribution in [2.75, 3.05) is 6.54 Å². The Kier molecular flexibility index (Phi) is 4.85. The quantitative estimate of drug-likeness (QED) is 0.910. The lowest BCUT2D eigenvalue weighted by Gasteiger charge is -2.29. The highest BCUT2D eigenvalue weighted by molar-refractivity contribution is 5.23. The third kappa shape index (κ3) is 3.56. The van der Waals surface area contributed by atoms with Crippen molar-refractivity contribution < 1.29 is 8.78 Å². The molecule has 2 heterocycles. The summed E-state index contributed by atoms with van der Waals surface area (Å²) in [6.45, 7) is 1.58. The van der Waals surface area contributed by atoms with Crippen LogP contribution in [-0.4, -0.2) is 21.4 Å².